The average molecular weight is 434 g/mol. The lowest BCUT2D eigenvalue weighted by Gasteiger charge is -2.15. The van der Waals surface area contributed by atoms with Crippen molar-refractivity contribution in [2.24, 2.45) is 0 Å². The minimum absolute atomic E-state index is 0.0224. The van der Waals surface area contributed by atoms with Crippen molar-refractivity contribution >= 4 is 50.6 Å². The Bertz CT molecular complexity index is 1010. The summed E-state index contributed by atoms with van der Waals surface area (Å²) in [5.74, 6) is -2.26. The predicted octanol–water partition coefficient (Wildman–Crippen LogP) is 3.72. The van der Waals surface area contributed by atoms with E-state index in [1.165, 1.54) is 25.1 Å². The molecule has 0 radical (unpaired) electrons. The molecular weight excluding hydrogens is 420 g/mol. The fourth-order valence-corrected chi connectivity index (χ4v) is 3.05. The number of hydrogen-bond acceptors (Lipinski definition) is 5. The number of anilines is 1. The van der Waals surface area contributed by atoms with Crippen molar-refractivity contribution in [1.82, 2.24) is 0 Å². The molecule has 2 aromatic rings. The standard InChI is InChI=1S/C17H14Cl2FNO5S/c1-9(16(22)21-15-6-3-10(20)7-14(15)19)26-17(23)12-8-11(27(2,24)25)4-5-13(12)18/h3-9H,1-2H3,(H,21,22)/t9-/m0/s1. The second-order valence-corrected chi connectivity index (χ2v) is 8.40. The lowest BCUT2D eigenvalue weighted by Crippen LogP contribution is -2.30. The molecule has 0 fully saturated rings. The van der Waals surface area contributed by atoms with E-state index in [9.17, 15) is 22.4 Å². The molecule has 0 saturated heterocycles. The first-order valence-corrected chi connectivity index (χ1v) is 10.1. The van der Waals surface area contributed by atoms with Gasteiger partial charge in [-0.3, -0.25) is 4.79 Å². The van der Waals surface area contributed by atoms with Crippen LogP contribution in [0.1, 0.15) is 17.3 Å². The molecule has 1 amide bonds. The van der Waals surface area contributed by atoms with Crippen LogP contribution in [0.5, 0.6) is 0 Å². The summed E-state index contributed by atoms with van der Waals surface area (Å²) >= 11 is 11.7. The maximum atomic E-state index is 13.0. The van der Waals surface area contributed by atoms with Crippen LogP contribution in [-0.4, -0.2) is 32.7 Å². The van der Waals surface area contributed by atoms with Gasteiger partial charge in [0.25, 0.3) is 5.91 Å². The van der Waals surface area contributed by atoms with Gasteiger partial charge in [0.05, 0.1) is 26.2 Å². The molecular formula is C17H14Cl2FNO5S. The monoisotopic (exact) mass is 433 g/mol. The molecule has 0 saturated carbocycles. The third-order valence-corrected chi connectivity index (χ3v) is 5.18. The first kappa shape index (κ1) is 21.1. The van der Waals surface area contributed by atoms with E-state index >= 15 is 0 Å². The van der Waals surface area contributed by atoms with Crippen LogP contribution in [0, 0.1) is 5.82 Å². The summed E-state index contributed by atoms with van der Waals surface area (Å²) < 4.78 is 41.3. The number of nitrogens with one attached hydrogen (secondary N) is 1. The van der Waals surface area contributed by atoms with E-state index in [1.54, 1.807) is 0 Å². The number of sulfone groups is 1. The highest BCUT2D eigenvalue weighted by Gasteiger charge is 2.23. The quantitative estimate of drug-likeness (QED) is 0.725. The van der Waals surface area contributed by atoms with Gasteiger partial charge in [-0.15, -0.1) is 0 Å². The number of esters is 1. The highest BCUT2D eigenvalue weighted by molar-refractivity contribution is 7.90. The van der Waals surface area contributed by atoms with Crippen molar-refractivity contribution in [1.29, 1.82) is 0 Å². The normalized spacial score (nSPS) is 12.3. The molecule has 2 aromatic carbocycles. The second kappa shape index (κ2) is 8.24. The predicted molar refractivity (Wildman–Crippen MR) is 99.5 cm³/mol. The summed E-state index contributed by atoms with van der Waals surface area (Å²) in [4.78, 5) is 24.3. The summed E-state index contributed by atoms with van der Waals surface area (Å²) in [5.41, 5.74) is -0.0536. The van der Waals surface area contributed by atoms with Crippen LogP contribution in [0.4, 0.5) is 10.1 Å². The highest BCUT2D eigenvalue weighted by atomic mass is 35.5. The van der Waals surface area contributed by atoms with Crippen LogP contribution in [0.25, 0.3) is 0 Å². The summed E-state index contributed by atoms with van der Waals surface area (Å²) in [6.45, 7) is 1.30. The van der Waals surface area contributed by atoms with Crippen molar-refractivity contribution < 1.29 is 27.1 Å². The molecule has 0 heterocycles. The molecule has 1 atom stereocenters. The minimum atomic E-state index is -3.56. The molecule has 10 heteroatoms. The zero-order valence-electron chi connectivity index (χ0n) is 14.1. The smallest absolute Gasteiger partial charge is 0.340 e. The molecule has 0 unspecified atom stereocenters. The topological polar surface area (TPSA) is 89.5 Å². The van der Waals surface area contributed by atoms with Gasteiger partial charge in [-0.1, -0.05) is 23.2 Å². The van der Waals surface area contributed by atoms with E-state index in [0.29, 0.717) is 0 Å². The molecule has 0 spiro atoms. The van der Waals surface area contributed by atoms with Gasteiger partial charge >= 0.3 is 5.97 Å². The Morgan fingerprint density at radius 1 is 1.11 bits per heavy atom. The first-order chi connectivity index (χ1) is 12.5. The van der Waals surface area contributed by atoms with Crippen LogP contribution in [0.2, 0.25) is 10.0 Å². The van der Waals surface area contributed by atoms with Crippen LogP contribution < -0.4 is 5.32 Å². The average Bonchev–Trinajstić information content (AvgIpc) is 2.56. The van der Waals surface area contributed by atoms with Gasteiger partial charge in [0, 0.05) is 6.26 Å². The number of amides is 1. The third kappa shape index (κ3) is 5.41. The van der Waals surface area contributed by atoms with Gasteiger partial charge < -0.3 is 10.1 Å². The van der Waals surface area contributed by atoms with Gasteiger partial charge in [0.2, 0.25) is 0 Å². The number of benzene rings is 2. The highest BCUT2D eigenvalue weighted by Crippen LogP contribution is 2.24. The van der Waals surface area contributed by atoms with E-state index in [1.807, 2.05) is 0 Å². The SMILES string of the molecule is C[C@H](OC(=O)c1cc(S(C)(=O)=O)ccc1Cl)C(=O)Nc1ccc(F)cc1Cl. The first-order valence-electron chi connectivity index (χ1n) is 7.45. The van der Waals surface area contributed by atoms with Gasteiger partial charge in [-0.05, 0) is 43.3 Å². The van der Waals surface area contributed by atoms with Crippen LogP contribution in [0.15, 0.2) is 41.3 Å². The molecule has 0 aromatic heterocycles. The Morgan fingerprint density at radius 2 is 1.78 bits per heavy atom. The number of hydrogen-bond donors (Lipinski definition) is 1. The molecule has 2 rings (SSSR count). The van der Waals surface area contributed by atoms with Crippen LogP contribution >= 0.6 is 23.2 Å². The van der Waals surface area contributed by atoms with Crippen LogP contribution in [0.3, 0.4) is 0 Å². The fourth-order valence-electron chi connectivity index (χ4n) is 1.99. The molecule has 27 heavy (non-hydrogen) atoms. The summed E-state index contributed by atoms with van der Waals surface area (Å²) in [5, 5.41) is 2.35. The van der Waals surface area contributed by atoms with Gasteiger partial charge in [0.1, 0.15) is 5.82 Å². The van der Waals surface area contributed by atoms with E-state index < -0.39 is 33.6 Å². The Morgan fingerprint density at radius 3 is 2.37 bits per heavy atom. The maximum Gasteiger partial charge on any atom is 0.340 e. The maximum absolute atomic E-state index is 13.0. The van der Waals surface area contributed by atoms with Crippen molar-refractivity contribution in [3.05, 3.63) is 57.8 Å². The molecule has 6 nitrogen and oxygen atoms in total. The zero-order chi connectivity index (χ0) is 20.4. The molecule has 0 aliphatic heterocycles. The molecule has 0 aliphatic carbocycles. The summed E-state index contributed by atoms with van der Waals surface area (Å²) in [6.07, 6.45) is -0.273. The zero-order valence-corrected chi connectivity index (χ0v) is 16.5. The number of carbonyl (C=O) groups is 2. The number of halogens is 3. The number of rotatable bonds is 5. The van der Waals surface area contributed by atoms with Crippen molar-refractivity contribution in [3.63, 3.8) is 0 Å². The Hall–Kier alpha value is -2.16. The lowest BCUT2D eigenvalue weighted by atomic mass is 10.2. The van der Waals surface area contributed by atoms with Gasteiger partial charge in [-0.25, -0.2) is 17.6 Å². The Balaban J connectivity index is 2.14. The van der Waals surface area contributed by atoms with Crippen molar-refractivity contribution in [2.75, 3.05) is 11.6 Å². The molecule has 0 aliphatic rings. The third-order valence-electron chi connectivity index (χ3n) is 3.43. The fraction of sp³-hybridized carbons (Fsp3) is 0.176. The van der Waals surface area contributed by atoms with E-state index in [-0.39, 0.29) is 26.2 Å². The molecule has 0 bridgehead atoms. The number of carbonyl (C=O) groups excluding carboxylic acids is 2. The minimum Gasteiger partial charge on any atom is -0.449 e. The second-order valence-electron chi connectivity index (χ2n) is 5.57. The molecule has 1 N–H and O–H groups in total. The Kier molecular flexibility index (Phi) is 6.46. The van der Waals surface area contributed by atoms with Crippen LogP contribution in [-0.2, 0) is 19.4 Å². The summed E-state index contributed by atoms with van der Waals surface area (Å²) in [7, 11) is -3.56. The van der Waals surface area contributed by atoms with E-state index in [4.69, 9.17) is 27.9 Å². The largest absolute Gasteiger partial charge is 0.449 e. The van der Waals surface area contributed by atoms with Gasteiger partial charge in [-0.2, -0.15) is 0 Å². The van der Waals surface area contributed by atoms with Gasteiger partial charge in [0.15, 0.2) is 15.9 Å². The lowest BCUT2D eigenvalue weighted by molar-refractivity contribution is -0.123. The van der Waals surface area contributed by atoms with E-state index in [2.05, 4.69) is 5.32 Å². The Labute approximate surface area is 165 Å². The van der Waals surface area contributed by atoms with Crippen molar-refractivity contribution in [3.8, 4) is 0 Å². The number of ether oxygens (including phenoxy) is 1. The van der Waals surface area contributed by atoms with Crippen molar-refractivity contribution in [2.45, 2.75) is 17.9 Å². The summed E-state index contributed by atoms with van der Waals surface area (Å²) in [6, 6.07) is 6.95. The molecule has 144 valence electrons. The van der Waals surface area contributed by atoms with E-state index in [0.717, 1.165) is 24.5 Å².